The molecule has 1 aromatic heterocycles. The van der Waals surface area contributed by atoms with Gasteiger partial charge in [-0.15, -0.1) is 5.10 Å². The molecule has 1 aliphatic rings. The molecule has 0 saturated carbocycles. The van der Waals surface area contributed by atoms with Crippen molar-refractivity contribution in [1.82, 2.24) is 10.2 Å². The van der Waals surface area contributed by atoms with E-state index in [1.165, 1.54) is 5.56 Å². The molecule has 0 fully saturated rings. The van der Waals surface area contributed by atoms with Gasteiger partial charge >= 0.3 is 0 Å². The number of aromatic nitrogens is 2. The first-order chi connectivity index (χ1) is 14.2. The highest BCUT2D eigenvalue weighted by atomic mass is 16.5. The number of nitrogens with zero attached hydrogens (tertiary/aromatic N) is 2. The zero-order valence-electron chi connectivity index (χ0n) is 16.4. The van der Waals surface area contributed by atoms with Gasteiger partial charge < -0.3 is 15.2 Å². The molecule has 3 aromatic rings. The maximum absolute atomic E-state index is 9.80. The minimum absolute atomic E-state index is 0.0920. The summed E-state index contributed by atoms with van der Waals surface area (Å²) in [6, 6.07) is 18.2. The van der Waals surface area contributed by atoms with Gasteiger partial charge in [-0.1, -0.05) is 31.2 Å². The second-order valence-corrected chi connectivity index (χ2v) is 6.79. The number of nitrogens with one attached hydrogen (secondary N) is 1. The zero-order valence-corrected chi connectivity index (χ0v) is 16.4. The number of benzene rings is 2. The largest absolute Gasteiger partial charge is 0.494 e. The lowest BCUT2D eigenvalue weighted by molar-refractivity contribution is 0.340. The summed E-state index contributed by atoms with van der Waals surface area (Å²) in [5, 5.41) is 17.2. The minimum Gasteiger partial charge on any atom is -0.494 e. The average Bonchev–Trinajstić information content (AvgIpc) is 3.17. The van der Waals surface area contributed by atoms with E-state index >= 15 is 0 Å². The number of aromatic amines is 1. The quantitative estimate of drug-likeness (QED) is 0.683. The molecule has 0 aliphatic carbocycles. The molecule has 0 unspecified atom stereocenters. The Kier molecular flexibility index (Phi) is 4.96. The van der Waals surface area contributed by atoms with Crippen LogP contribution in [0.5, 0.6) is 11.6 Å². The molecule has 2 heterocycles. The Morgan fingerprint density at radius 1 is 1.14 bits per heavy atom. The lowest BCUT2D eigenvalue weighted by atomic mass is 9.82. The topological polar surface area (TPSA) is 97.0 Å². The summed E-state index contributed by atoms with van der Waals surface area (Å²) in [4.78, 5) is 0. The summed E-state index contributed by atoms with van der Waals surface area (Å²) >= 11 is 0. The summed E-state index contributed by atoms with van der Waals surface area (Å²) in [7, 11) is 0. The van der Waals surface area contributed by atoms with Crippen LogP contribution >= 0.6 is 0 Å². The maximum atomic E-state index is 9.80. The van der Waals surface area contributed by atoms with Crippen LogP contribution in [0.2, 0.25) is 0 Å². The van der Waals surface area contributed by atoms with Crippen LogP contribution in [0.15, 0.2) is 60.0 Å². The van der Waals surface area contributed by atoms with Crippen molar-refractivity contribution >= 4 is 0 Å². The molecular formula is C23H22N4O2. The highest BCUT2D eigenvalue weighted by Gasteiger charge is 2.35. The minimum atomic E-state index is -0.352. The fourth-order valence-electron chi connectivity index (χ4n) is 3.63. The molecule has 29 heavy (non-hydrogen) atoms. The van der Waals surface area contributed by atoms with Crippen LogP contribution in [0.1, 0.15) is 36.5 Å². The molecule has 0 bridgehead atoms. The van der Waals surface area contributed by atoms with E-state index in [9.17, 15) is 5.26 Å². The molecular weight excluding hydrogens is 364 g/mol. The van der Waals surface area contributed by atoms with Crippen LogP contribution in [0.4, 0.5) is 0 Å². The van der Waals surface area contributed by atoms with E-state index in [-0.39, 0.29) is 11.8 Å². The van der Waals surface area contributed by atoms with E-state index in [0.717, 1.165) is 34.6 Å². The third kappa shape index (κ3) is 3.32. The van der Waals surface area contributed by atoms with Crippen LogP contribution in [0, 0.1) is 11.3 Å². The van der Waals surface area contributed by atoms with Gasteiger partial charge in [0.1, 0.15) is 17.4 Å². The third-order valence-electron chi connectivity index (χ3n) is 5.11. The van der Waals surface area contributed by atoms with Crippen LogP contribution in [0.3, 0.4) is 0 Å². The van der Waals surface area contributed by atoms with E-state index in [0.29, 0.717) is 18.1 Å². The van der Waals surface area contributed by atoms with Crippen LogP contribution in [0.25, 0.3) is 11.3 Å². The predicted molar refractivity (Wildman–Crippen MR) is 110 cm³/mol. The average molecular weight is 386 g/mol. The van der Waals surface area contributed by atoms with Crippen molar-refractivity contribution in [3.8, 4) is 29.0 Å². The SMILES string of the molecule is CCOc1ccc(-c2[nH]nc3c2[C@H](c2ccc(CC)cc2)C(C#N)=C(N)O3)cc1. The van der Waals surface area contributed by atoms with Crippen molar-refractivity contribution in [3.63, 3.8) is 0 Å². The van der Waals surface area contributed by atoms with Crippen molar-refractivity contribution in [1.29, 1.82) is 5.26 Å². The number of nitrogens with two attached hydrogens (primary N) is 1. The van der Waals surface area contributed by atoms with E-state index < -0.39 is 0 Å². The second-order valence-electron chi connectivity index (χ2n) is 6.79. The second kappa shape index (κ2) is 7.72. The molecule has 6 nitrogen and oxygen atoms in total. The van der Waals surface area contributed by atoms with E-state index in [1.54, 1.807) is 0 Å². The number of hydrogen-bond donors (Lipinski definition) is 2. The Labute approximate surface area is 169 Å². The number of aryl methyl sites for hydroxylation is 1. The summed E-state index contributed by atoms with van der Waals surface area (Å²) in [6.45, 7) is 4.67. The van der Waals surface area contributed by atoms with Gasteiger partial charge in [0.15, 0.2) is 0 Å². The lowest BCUT2D eigenvalue weighted by Crippen LogP contribution is -2.21. The van der Waals surface area contributed by atoms with Crippen LogP contribution in [-0.4, -0.2) is 16.8 Å². The summed E-state index contributed by atoms with van der Waals surface area (Å²) < 4.78 is 11.2. The molecule has 0 saturated heterocycles. The molecule has 0 radical (unpaired) electrons. The van der Waals surface area contributed by atoms with Gasteiger partial charge in [-0.05, 0) is 48.7 Å². The lowest BCUT2D eigenvalue weighted by Gasteiger charge is -2.24. The fourth-order valence-corrected chi connectivity index (χ4v) is 3.63. The molecule has 0 spiro atoms. The van der Waals surface area contributed by atoms with Gasteiger partial charge in [0.25, 0.3) is 0 Å². The molecule has 3 N–H and O–H groups in total. The molecule has 0 amide bonds. The Hall–Kier alpha value is -3.72. The number of fused-ring (bicyclic) bond motifs is 1. The van der Waals surface area contributed by atoms with Gasteiger partial charge in [0.05, 0.1) is 23.8 Å². The van der Waals surface area contributed by atoms with Gasteiger partial charge in [0.2, 0.25) is 11.8 Å². The number of allylic oxidation sites excluding steroid dienone is 1. The van der Waals surface area contributed by atoms with Crippen LogP contribution in [-0.2, 0) is 6.42 Å². The highest BCUT2D eigenvalue weighted by Crippen LogP contribution is 2.45. The summed E-state index contributed by atoms with van der Waals surface area (Å²) in [6.07, 6.45) is 0.950. The normalized spacial score (nSPS) is 15.4. The molecule has 4 rings (SSSR count). The van der Waals surface area contributed by atoms with E-state index in [4.69, 9.17) is 15.2 Å². The Morgan fingerprint density at radius 3 is 2.48 bits per heavy atom. The number of nitriles is 1. The smallest absolute Gasteiger partial charge is 0.244 e. The fraction of sp³-hybridized carbons (Fsp3) is 0.217. The summed E-state index contributed by atoms with van der Waals surface area (Å²) in [5.41, 5.74) is 11.2. The van der Waals surface area contributed by atoms with Gasteiger partial charge in [-0.2, -0.15) is 5.26 Å². The monoisotopic (exact) mass is 386 g/mol. The number of H-pyrrole nitrogens is 1. The first-order valence-electron chi connectivity index (χ1n) is 9.64. The Balaban J connectivity index is 1.84. The first-order valence-corrected chi connectivity index (χ1v) is 9.64. The van der Waals surface area contributed by atoms with E-state index in [1.807, 2.05) is 43.3 Å². The molecule has 2 aromatic carbocycles. The van der Waals surface area contributed by atoms with Crippen LogP contribution < -0.4 is 15.2 Å². The number of hydrogen-bond acceptors (Lipinski definition) is 5. The van der Waals surface area contributed by atoms with Crippen molar-refractivity contribution < 1.29 is 9.47 Å². The Morgan fingerprint density at radius 2 is 1.86 bits per heavy atom. The van der Waals surface area contributed by atoms with Crippen molar-refractivity contribution in [2.45, 2.75) is 26.2 Å². The summed E-state index contributed by atoms with van der Waals surface area (Å²) in [5.74, 6) is 0.939. The van der Waals surface area contributed by atoms with Crippen molar-refractivity contribution in [2.75, 3.05) is 6.61 Å². The maximum Gasteiger partial charge on any atom is 0.244 e. The molecule has 6 heteroatoms. The molecule has 1 aliphatic heterocycles. The highest BCUT2D eigenvalue weighted by molar-refractivity contribution is 5.71. The molecule has 1 atom stereocenters. The van der Waals surface area contributed by atoms with Gasteiger partial charge in [-0.25, -0.2) is 0 Å². The number of rotatable bonds is 5. The van der Waals surface area contributed by atoms with E-state index in [2.05, 4.69) is 35.3 Å². The third-order valence-corrected chi connectivity index (χ3v) is 5.11. The standard InChI is InChI=1S/C23H22N4O2/c1-3-14-5-7-15(8-6-14)19-18(13-24)22(25)29-23-20(19)21(26-27-23)16-9-11-17(12-10-16)28-4-2/h5-12,19H,3-4,25H2,1-2H3,(H,26,27)/t19-/m1/s1. The van der Waals surface area contributed by atoms with Gasteiger partial charge in [-0.3, -0.25) is 5.10 Å². The van der Waals surface area contributed by atoms with Crippen molar-refractivity contribution in [3.05, 3.63) is 76.7 Å². The molecule has 146 valence electrons. The van der Waals surface area contributed by atoms with Gasteiger partial charge in [0, 0.05) is 5.56 Å². The Bertz CT molecular complexity index is 1090. The number of ether oxygens (including phenoxy) is 2. The van der Waals surface area contributed by atoms with Crippen molar-refractivity contribution in [2.24, 2.45) is 5.73 Å². The first kappa shape index (κ1) is 18.6. The zero-order chi connectivity index (χ0) is 20.4. The predicted octanol–water partition coefficient (Wildman–Crippen LogP) is 4.26.